The van der Waals surface area contributed by atoms with Crippen LogP contribution >= 0.6 is 0 Å². The molecule has 17 heavy (non-hydrogen) atoms. The Morgan fingerprint density at radius 3 is 2.88 bits per heavy atom. The van der Waals surface area contributed by atoms with Crippen LogP contribution in [-0.2, 0) is 13.5 Å². The molecule has 1 N–H and O–H groups in total. The average molecular weight is 235 g/mol. The number of hydrogen-bond donors (Lipinski definition) is 1. The standard InChI is InChI=1S/C14H25N3/c1-4-7-15-13(12-10-11(12)2)5-6-14-16-8-9-17(14)3/h8-9,11-13,15H,4-7,10H2,1-3H3. The molecule has 1 heterocycles. The van der Waals surface area contributed by atoms with Gasteiger partial charge in [-0.1, -0.05) is 13.8 Å². The summed E-state index contributed by atoms with van der Waals surface area (Å²) in [5.41, 5.74) is 0. The van der Waals surface area contributed by atoms with Crippen molar-refractivity contribution in [1.29, 1.82) is 0 Å². The van der Waals surface area contributed by atoms with Gasteiger partial charge in [0, 0.05) is 31.9 Å². The van der Waals surface area contributed by atoms with E-state index in [0.29, 0.717) is 6.04 Å². The molecule has 0 aromatic carbocycles. The topological polar surface area (TPSA) is 29.9 Å². The summed E-state index contributed by atoms with van der Waals surface area (Å²) in [6.07, 6.45) is 8.86. The van der Waals surface area contributed by atoms with E-state index < -0.39 is 0 Å². The first-order chi connectivity index (χ1) is 8.22. The molecule has 96 valence electrons. The van der Waals surface area contributed by atoms with E-state index in [1.54, 1.807) is 0 Å². The first-order valence-electron chi connectivity index (χ1n) is 6.92. The third-order valence-corrected chi connectivity index (χ3v) is 3.94. The lowest BCUT2D eigenvalue weighted by Gasteiger charge is -2.18. The van der Waals surface area contributed by atoms with Crippen LogP contribution in [0.2, 0.25) is 0 Å². The zero-order chi connectivity index (χ0) is 12.3. The van der Waals surface area contributed by atoms with Crippen LogP contribution in [-0.4, -0.2) is 22.1 Å². The van der Waals surface area contributed by atoms with Gasteiger partial charge in [0.2, 0.25) is 0 Å². The molecule has 0 saturated heterocycles. The number of rotatable bonds is 7. The van der Waals surface area contributed by atoms with Crippen LogP contribution < -0.4 is 5.32 Å². The van der Waals surface area contributed by atoms with E-state index in [1.165, 1.54) is 25.1 Å². The van der Waals surface area contributed by atoms with E-state index in [0.717, 1.165) is 24.8 Å². The maximum atomic E-state index is 4.40. The first kappa shape index (κ1) is 12.6. The number of aryl methyl sites for hydroxylation is 2. The Kier molecular flexibility index (Phi) is 4.21. The van der Waals surface area contributed by atoms with Gasteiger partial charge in [0.05, 0.1) is 0 Å². The lowest BCUT2D eigenvalue weighted by atomic mass is 10.0. The van der Waals surface area contributed by atoms with E-state index in [2.05, 4.69) is 35.8 Å². The van der Waals surface area contributed by atoms with Gasteiger partial charge < -0.3 is 9.88 Å². The Morgan fingerprint density at radius 1 is 1.59 bits per heavy atom. The lowest BCUT2D eigenvalue weighted by Crippen LogP contribution is -2.33. The fourth-order valence-corrected chi connectivity index (χ4v) is 2.63. The van der Waals surface area contributed by atoms with Gasteiger partial charge >= 0.3 is 0 Å². The summed E-state index contributed by atoms with van der Waals surface area (Å²) >= 11 is 0. The van der Waals surface area contributed by atoms with Crippen LogP contribution in [0, 0.1) is 11.8 Å². The number of hydrogen-bond acceptors (Lipinski definition) is 2. The summed E-state index contributed by atoms with van der Waals surface area (Å²) in [5, 5.41) is 3.71. The van der Waals surface area contributed by atoms with Crippen molar-refractivity contribution in [2.45, 2.75) is 45.6 Å². The van der Waals surface area contributed by atoms with Gasteiger partial charge in [-0.2, -0.15) is 0 Å². The summed E-state index contributed by atoms with van der Waals surface area (Å²) in [6, 6.07) is 0.696. The summed E-state index contributed by atoms with van der Waals surface area (Å²) in [5.74, 6) is 3.04. The van der Waals surface area contributed by atoms with Crippen LogP contribution in [0.5, 0.6) is 0 Å². The molecule has 2 rings (SSSR count). The SMILES string of the molecule is CCCNC(CCc1nccn1C)C1CC1C. The highest BCUT2D eigenvalue weighted by Crippen LogP contribution is 2.41. The molecule has 3 atom stereocenters. The molecule has 0 aliphatic heterocycles. The number of aromatic nitrogens is 2. The number of nitrogens with zero attached hydrogens (tertiary/aromatic N) is 2. The fourth-order valence-electron chi connectivity index (χ4n) is 2.63. The molecule has 1 aromatic heterocycles. The van der Waals surface area contributed by atoms with Crippen LogP contribution in [0.1, 0.15) is 38.9 Å². The smallest absolute Gasteiger partial charge is 0.108 e. The Bertz CT molecular complexity index is 345. The van der Waals surface area contributed by atoms with Crippen LogP contribution in [0.3, 0.4) is 0 Å². The highest BCUT2D eigenvalue weighted by atomic mass is 15.0. The zero-order valence-electron chi connectivity index (χ0n) is 11.3. The van der Waals surface area contributed by atoms with Gasteiger partial charge in [0.15, 0.2) is 0 Å². The molecular formula is C14H25N3. The highest BCUT2D eigenvalue weighted by molar-refractivity contribution is 4.96. The Labute approximate surface area is 105 Å². The molecule has 1 aliphatic carbocycles. The highest BCUT2D eigenvalue weighted by Gasteiger charge is 2.38. The fraction of sp³-hybridized carbons (Fsp3) is 0.786. The molecular weight excluding hydrogens is 210 g/mol. The molecule has 3 nitrogen and oxygen atoms in total. The van der Waals surface area contributed by atoms with Crippen molar-refractivity contribution in [3.63, 3.8) is 0 Å². The van der Waals surface area contributed by atoms with E-state index >= 15 is 0 Å². The second kappa shape index (κ2) is 5.67. The minimum absolute atomic E-state index is 0.696. The van der Waals surface area contributed by atoms with Crippen molar-refractivity contribution in [2.75, 3.05) is 6.54 Å². The third kappa shape index (κ3) is 3.32. The minimum atomic E-state index is 0.696. The average Bonchev–Trinajstić information content (AvgIpc) is 2.89. The largest absolute Gasteiger partial charge is 0.338 e. The third-order valence-electron chi connectivity index (χ3n) is 3.94. The van der Waals surface area contributed by atoms with Gasteiger partial charge in [-0.15, -0.1) is 0 Å². The molecule has 1 aliphatic rings. The molecule has 3 unspecified atom stereocenters. The van der Waals surface area contributed by atoms with Crippen molar-refractivity contribution in [3.8, 4) is 0 Å². The molecule has 0 spiro atoms. The second-order valence-electron chi connectivity index (χ2n) is 5.43. The van der Waals surface area contributed by atoms with E-state index in [-0.39, 0.29) is 0 Å². The molecule has 3 heteroatoms. The quantitative estimate of drug-likeness (QED) is 0.786. The predicted molar refractivity (Wildman–Crippen MR) is 70.9 cm³/mol. The minimum Gasteiger partial charge on any atom is -0.338 e. The Morgan fingerprint density at radius 2 is 2.35 bits per heavy atom. The van der Waals surface area contributed by atoms with Crippen LogP contribution in [0.4, 0.5) is 0 Å². The van der Waals surface area contributed by atoms with E-state index in [1.807, 2.05) is 12.4 Å². The first-order valence-corrected chi connectivity index (χ1v) is 6.92. The van der Waals surface area contributed by atoms with Gasteiger partial charge in [-0.25, -0.2) is 4.98 Å². The van der Waals surface area contributed by atoms with E-state index in [4.69, 9.17) is 0 Å². The lowest BCUT2D eigenvalue weighted by molar-refractivity contribution is 0.416. The normalized spacial score (nSPS) is 24.9. The molecule has 0 bridgehead atoms. The van der Waals surface area contributed by atoms with Gasteiger partial charge in [0.1, 0.15) is 5.82 Å². The summed E-state index contributed by atoms with van der Waals surface area (Å²) in [7, 11) is 2.08. The Hall–Kier alpha value is -0.830. The van der Waals surface area contributed by atoms with Gasteiger partial charge in [0.25, 0.3) is 0 Å². The van der Waals surface area contributed by atoms with E-state index in [9.17, 15) is 0 Å². The summed E-state index contributed by atoms with van der Waals surface area (Å²) in [4.78, 5) is 4.40. The van der Waals surface area contributed by atoms with Crippen molar-refractivity contribution in [1.82, 2.24) is 14.9 Å². The summed E-state index contributed by atoms with van der Waals surface area (Å²) in [6.45, 7) is 5.75. The van der Waals surface area contributed by atoms with Crippen molar-refractivity contribution >= 4 is 0 Å². The molecule has 1 saturated carbocycles. The molecule has 0 amide bonds. The van der Waals surface area contributed by atoms with Crippen molar-refractivity contribution < 1.29 is 0 Å². The molecule has 1 fully saturated rings. The maximum absolute atomic E-state index is 4.40. The molecule has 1 aromatic rings. The number of imidazole rings is 1. The zero-order valence-corrected chi connectivity index (χ0v) is 11.3. The van der Waals surface area contributed by atoms with Crippen molar-refractivity contribution in [3.05, 3.63) is 18.2 Å². The summed E-state index contributed by atoms with van der Waals surface area (Å²) < 4.78 is 2.13. The van der Waals surface area contributed by atoms with Crippen molar-refractivity contribution in [2.24, 2.45) is 18.9 Å². The second-order valence-corrected chi connectivity index (χ2v) is 5.43. The Balaban J connectivity index is 1.83. The predicted octanol–water partition coefficient (Wildman–Crippen LogP) is 2.38. The van der Waals surface area contributed by atoms with Crippen LogP contribution in [0.15, 0.2) is 12.4 Å². The molecule has 0 radical (unpaired) electrons. The van der Waals surface area contributed by atoms with Gasteiger partial charge in [-0.3, -0.25) is 0 Å². The number of nitrogens with one attached hydrogen (secondary N) is 1. The van der Waals surface area contributed by atoms with Crippen LogP contribution in [0.25, 0.3) is 0 Å². The van der Waals surface area contributed by atoms with Gasteiger partial charge in [-0.05, 0) is 37.6 Å². The maximum Gasteiger partial charge on any atom is 0.108 e. The monoisotopic (exact) mass is 235 g/mol.